The first-order valence-electron chi connectivity index (χ1n) is 7.36. The van der Waals surface area contributed by atoms with Crippen molar-refractivity contribution >= 4 is 28.8 Å². The van der Waals surface area contributed by atoms with E-state index in [0.717, 1.165) is 17.0 Å². The van der Waals surface area contributed by atoms with E-state index in [9.17, 15) is 27.7 Å². The van der Waals surface area contributed by atoms with Gasteiger partial charge in [0.25, 0.3) is 5.69 Å². The molecule has 1 heterocycles. The number of benzene rings is 2. The minimum Gasteiger partial charge on any atom is -0.271 e. The summed E-state index contributed by atoms with van der Waals surface area (Å²) in [5.74, 6) is 0.244. The number of fused-ring (bicyclic) bond motifs is 1. The van der Waals surface area contributed by atoms with Crippen molar-refractivity contribution < 1.29 is 22.5 Å². The molecule has 2 aromatic carbocycles. The van der Waals surface area contributed by atoms with Crippen LogP contribution in [-0.4, -0.2) is 16.4 Å². The standard InChI is InChI=1S/C16H11F4N3O2S/c17-10-2-4-15-11(8-10)12(5-6-26-15)21-22-13-3-1-9(16(18,19)20)7-14(13)23(24)25/h1-4,7-8,22H,5-6H2/b21-12-. The Morgan fingerprint density at radius 1 is 1.19 bits per heavy atom. The van der Waals surface area contributed by atoms with Gasteiger partial charge in [0.1, 0.15) is 11.5 Å². The molecular weight excluding hydrogens is 374 g/mol. The van der Waals surface area contributed by atoms with Crippen LogP contribution in [0.5, 0.6) is 0 Å². The van der Waals surface area contributed by atoms with Crippen LogP contribution >= 0.6 is 11.8 Å². The van der Waals surface area contributed by atoms with E-state index in [1.54, 1.807) is 6.07 Å². The molecule has 0 atom stereocenters. The van der Waals surface area contributed by atoms with E-state index in [1.807, 2.05) is 0 Å². The summed E-state index contributed by atoms with van der Waals surface area (Å²) in [7, 11) is 0. The van der Waals surface area contributed by atoms with Crippen molar-refractivity contribution in [3.63, 3.8) is 0 Å². The molecule has 0 unspecified atom stereocenters. The molecule has 3 rings (SSSR count). The first-order valence-corrected chi connectivity index (χ1v) is 8.35. The Hall–Kier alpha value is -2.62. The summed E-state index contributed by atoms with van der Waals surface area (Å²) in [5.41, 5.74) is 1.45. The van der Waals surface area contributed by atoms with Gasteiger partial charge in [0.15, 0.2) is 0 Å². The van der Waals surface area contributed by atoms with Gasteiger partial charge in [-0.1, -0.05) is 0 Å². The van der Waals surface area contributed by atoms with Gasteiger partial charge in [-0.3, -0.25) is 15.5 Å². The second kappa shape index (κ2) is 6.94. The minimum absolute atomic E-state index is 0.174. The van der Waals surface area contributed by atoms with Crippen LogP contribution in [0.15, 0.2) is 46.4 Å². The van der Waals surface area contributed by atoms with Gasteiger partial charge in [-0.25, -0.2) is 4.39 Å². The number of alkyl halides is 3. The van der Waals surface area contributed by atoms with Gasteiger partial charge in [-0.15, -0.1) is 11.8 Å². The van der Waals surface area contributed by atoms with Crippen LogP contribution < -0.4 is 5.43 Å². The van der Waals surface area contributed by atoms with Gasteiger partial charge >= 0.3 is 6.18 Å². The molecule has 1 aliphatic heterocycles. The van der Waals surface area contributed by atoms with E-state index in [0.29, 0.717) is 29.5 Å². The molecule has 0 fully saturated rings. The molecule has 0 amide bonds. The highest BCUT2D eigenvalue weighted by Crippen LogP contribution is 2.35. The first-order chi connectivity index (χ1) is 12.3. The van der Waals surface area contributed by atoms with Crippen LogP contribution in [-0.2, 0) is 6.18 Å². The Kier molecular flexibility index (Phi) is 4.86. The molecule has 136 valence electrons. The lowest BCUT2D eigenvalue weighted by molar-refractivity contribution is -0.384. The van der Waals surface area contributed by atoms with Crippen LogP contribution in [0.3, 0.4) is 0 Å². The fourth-order valence-corrected chi connectivity index (χ4v) is 3.46. The SMILES string of the molecule is O=[N+]([O-])c1cc(C(F)(F)F)ccc1N/N=C1/CCSc2ccc(F)cc21. The number of nitro benzene ring substituents is 1. The summed E-state index contributed by atoms with van der Waals surface area (Å²) in [6, 6.07) is 6.39. The zero-order valence-electron chi connectivity index (χ0n) is 13.0. The molecule has 1 N–H and O–H groups in total. The molecule has 1 aliphatic rings. The van der Waals surface area contributed by atoms with Crippen molar-refractivity contribution in [2.45, 2.75) is 17.5 Å². The fraction of sp³-hybridized carbons (Fsp3) is 0.188. The zero-order chi connectivity index (χ0) is 18.9. The monoisotopic (exact) mass is 385 g/mol. The minimum atomic E-state index is -4.69. The van der Waals surface area contributed by atoms with Crippen LogP contribution in [0, 0.1) is 15.9 Å². The highest BCUT2D eigenvalue weighted by Gasteiger charge is 2.33. The molecule has 5 nitrogen and oxygen atoms in total. The Balaban J connectivity index is 1.94. The molecule has 0 saturated heterocycles. The predicted molar refractivity (Wildman–Crippen MR) is 90.0 cm³/mol. The normalized spacial score (nSPS) is 15.6. The summed E-state index contributed by atoms with van der Waals surface area (Å²) in [6.45, 7) is 0. The number of nitrogens with one attached hydrogen (secondary N) is 1. The molecule has 0 aliphatic carbocycles. The molecule has 0 saturated carbocycles. The van der Waals surface area contributed by atoms with Crippen LogP contribution in [0.25, 0.3) is 0 Å². The van der Waals surface area contributed by atoms with Crippen molar-refractivity contribution in [1.82, 2.24) is 0 Å². The second-order valence-electron chi connectivity index (χ2n) is 5.40. The molecule has 2 aromatic rings. The number of hydrazone groups is 1. The summed E-state index contributed by atoms with van der Waals surface area (Å²) < 4.78 is 51.7. The van der Waals surface area contributed by atoms with Crippen LogP contribution in [0.1, 0.15) is 17.5 Å². The average molecular weight is 385 g/mol. The molecular formula is C16H11F4N3O2S. The topological polar surface area (TPSA) is 67.5 Å². The number of nitrogens with zero attached hydrogens (tertiary/aromatic N) is 2. The number of hydrogen-bond donors (Lipinski definition) is 1. The number of halogens is 4. The van der Waals surface area contributed by atoms with Crippen molar-refractivity contribution in [2.24, 2.45) is 5.10 Å². The van der Waals surface area contributed by atoms with Gasteiger partial charge in [-0.2, -0.15) is 18.3 Å². The smallest absolute Gasteiger partial charge is 0.271 e. The van der Waals surface area contributed by atoms with Crippen molar-refractivity contribution in [2.75, 3.05) is 11.2 Å². The van der Waals surface area contributed by atoms with Crippen molar-refractivity contribution in [1.29, 1.82) is 0 Å². The number of nitro groups is 1. The number of thioether (sulfide) groups is 1. The second-order valence-corrected chi connectivity index (χ2v) is 6.53. The van der Waals surface area contributed by atoms with Crippen molar-refractivity contribution in [3.05, 3.63) is 63.5 Å². The highest BCUT2D eigenvalue weighted by molar-refractivity contribution is 7.99. The maximum absolute atomic E-state index is 13.5. The van der Waals surface area contributed by atoms with Gasteiger partial charge in [-0.05, 0) is 30.3 Å². The fourth-order valence-electron chi connectivity index (χ4n) is 2.44. The lowest BCUT2D eigenvalue weighted by atomic mass is 10.1. The third kappa shape index (κ3) is 3.79. The quantitative estimate of drug-likeness (QED) is 0.455. The maximum Gasteiger partial charge on any atom is 0.416 e. The Labute approximate surface area is 149 Å². The van der Waals surface area contributed by atoms with E-state index >= 15 is 0 Å². The van der Waals surface area contributed by atoms with Gasteiger partial charge < -0.3 is 0 Å². The Morgan fingerprint density at radius 3 is 2.65 bits per heavy atom. The predicted octanol–water partition coefficient (Wildman–Crippen LogP) is 5.06. The lowest BCUT2D eigenvalue weighted by Crippen LogP contribution is -2.12. The molecule has 0 aromatic heterocycles. The summed E-state index contributed by atoms with van der Waals surface area (Å²) >= 11 is 1.53. The Morgan fingerprint density at radius 2 is 1.96 bits per heavy atom. The summed E-state index contributed by atoms with van der Waals surface area (Å²) in [4.78, 5) is 11.0. The number of anilines is 1. The summed E-state index contributed by atoms with van der Waals surface area (Å²) in [6.07, 6.45) is -4.20. The largest absolute Gasteiger partial charge is 0.416 e. The molecule has 0 bridgehead atoms. The van der Waals surface area contributed by atoms with Crippen molar-refractivity contribution in [3.8, 4) is 0 Å². The van der Waals surface area contributed by atoms with E-state index in [2.05, 4.69) is 10.5 Å². The molecule has 0 spiro atoms. The van der Waals surface area contributed by atoms with E-state index in [1.165, 1.54) is 23.9 Å². The van der Waals surface area contributed by atoms with Gasteiger partial charge in [0.05, 0.1) is 16.2 Å². The van der Waals surface area contributed by atoms with Crippen LogP contribution in [0.2, 0.25) is 0 Å². The van der Waals surface area contributed by atoms with Gasteiger partial charge in [0, 0.05) is 28.7 Å². The van der Waals surface area contributed by atoms with Crippen LogP contribution in [0.4, 0.5) is 28.9 Å². The maximum atomic E-state index is 13.5. The van der Waals surface area contributed by atoms with E-state index < -0.39 is 28.2 Å². The van der Waals surface area contributed by atoms with Gasteiger partial charge in [0.2, 0.25) is 0 Å². The number of hydrogen-bond acceptors (Lipinski definition) is 5. The molecule has 0 radical (unpaired) electrons. The molecule has 10 heteroatoms. The highest BCUT2D eigenvalue weighted by atomic mass is 32.2. The van der Waals surface area contributed by atoms with E-state index in [4.69, 9.17) is 0 Å². The average Bonchev–Trinajstić information content (AvgIpc) is 2.58. The van der Waals surface area contributed by atoms with E-state index in [-0.39, 0.29) is 5.69 Å². The number of rotatable bonds is 3. The third-order valence-electron chi connectivity index (χ3n) is 3.68. The zero-order valence-corrected chi connectivity index (χ0v) is 13.8. The first kappa shape index (κ1) is 18.2. The summed E-state index contributed by atoms with van der Waals surface area (Å²) in [5, 5.41) is 15.2. The molecule has 26 heavy (non-hydrogen) atoms. The lowest BCUT2D eigenvalue weighted by Gasteiger charge is -2.17. The Bertz CT molecular complexity index is 900. The third-order valence-corrected chi connectivity index (χ3v) is 4.76.